The van der Waals surface area contributed by atoms with Crippen LogP contribution in [0.5, 0.6) is 0 Å². The number of nitrogens with one attached hydrogen (secondary N) is 1. The molecular weight excluding hydrogens is 276 g/mol. The van der Waals surface area contributed by atoms with Crippen LogP contribution in [0.25, 0.3) is 0 Å². The molecule has 0 aromatic carbocycles. The summed E-state index contributed by atoms with van der Waals surface area (Å²) >= 11 is 3.44. The normalized spacial score (nSPS) is 11.7. The second-order valence-electron chi connectivity index (χ2n) is 4.04. The summed E-state index contributed by atoms with van der Waals surface area (Å²) in [7, 11) is 0. The number of guanidine groups is 1. The molecule has 2 rings (SSSR count). The Labute approximate surface area is 121 Å². The van der Waals surface area contributed by atoms with E-state index in [2.05, 4.69) is 39.7 Å². The number of aryl methyl sites for hydroxylation is 1. The van der Waals surface area contributed by atoms with Crippen LogP contribution in [0, 0.1) is 0 Å². The summed E-state index contributed by atoms with van der Waals surface area (Å²) in [5, 5.41) is 8.40. The maximum atomic E-state index is 5.82. The van der Waals surface area contributed by atoms with Crippen LogP contribution in [0.2, 0.25) is 0 Å². The largest absolute Gasteiger partial charge is 0.370 e. The lowest BCUT2D eigenvalue weighted by Gasteiger charge is -2.03. The Bertz CT molecular complexity index is 516. The van der Waals surface area contributed by atoms with E-state index < -0.39 is 0 Å². The minimum Gasteiger partial charge on any atom is -0.370 e. The topological polar surface area (TPSA) is 63.3 Å². The maximum absolute atomic E-state index is 5.82. The van der Waals surface area contributed by atoms with Crippen molar-refractivity contribution in [2.24, 2.45) is 10.7 Å². The zero-order valence-electron chi connectivity index (χ0n) is 10.9. The summed E-state index contributed by atoms with van der Waals surface area (Å²) in [6, 6.07) is 4.19. The molecule has 2 heterocycles. The highest BCUT2D eigenvalue weighted by molar-refractivity contribution is 7.10. The van der Waals surface area contributed by atoms with E-state index in [9.17, 15) is 0 Å². The van der Waals surface area contributed by atoms with Gasteiger partial charge in [0, 0.05) is 16.8 Å². The first-order valence-electron chi connectivity index (χ1n) is 6.27. The van der Waals surface area contributed by atoms with E-state index >= 15 is 0 Å². The zero-order chi connectivity index (χ0) is 13.5. The average molecular weight is 294 g/mol. The van der Waals surface area contributed by atoms with Gasteiger partial charge < -0.3 is 11.1 Å². The van der Waals surface area contributed by atoms with Crippen molar-refractivity contribution >= 4 is 28.6 Å². The zero-order valence-corrected chi connectivity index (χ0v) is 12.6. The van der Waals surface area contributed by atoms with Crippen molar-refractivity contribution in [1.82, 2.24) is 10.3 Å². The molecule has 2 aromatic rings. The molecular formula is C13H18N4S2. The summed E-state index contributed by atoms with van der Waals surface area (Å²) in [5.74, 6) is 0.489. The Balaban J connectivity index is 1.73. The lowest BCUT2D eigenvalue weighted by Crippen LogP contribution is -2.33. The fourth-order valence-electron chi connectivity index (χ4n) is 1.57. The molecule has 19 heavy (non-hydrogen) atoms. The summed E-state index contributed by atoms with van der Waals surface area (Å²) in [6.45, 7) is 3.47. The Hall–Kier alpha value is -1.40. The third kappa shape index (κ3) is 4.65. The van der Waals surface area contributed by atoms with Gasteiger partial charge in [-0.25, -0.2) is 9.98 Å². The summed E-state index contributed by atoms with van der Waals surface area (Å²) in [4.78, 5) is 10.1. The van der Waals surface area contributed by atoms with E-state index in [1.165, 1.54) is 4.88 Å². The second-order valence-corrected chi connectivity index (χ2v) is 6.02. The SMILES string of the molecule is CCc1nc(CN=C(N)NCCc2cccs2)cs1. The first-order valence-corrected chi connectivity index (χ1v) is 8.03. The van der Waals surface area contributed by atoms with Crippen LogP contribution >= 0.6 is 22.7 Å². The van der Waals surface area contributed by atoms with Gasteiger partial charge in [-0.05, 0) is 24.3 Å². The molecule has 0 saturated heterocycles. The van der Waals surface area contributed by atoms with Gasteiger partial charge in [0.05, 0.1) is 17.2 Å². The Morgan fingerprint density at radius 3 is 3.05 bits per heavy atom. The number of hydrogen-bond donors (Lipinski definition) is 2. The minimum atomic E-state index is 0.489. The minimum absolute atomic E-state index is 0.489. The van der Waals surface area contributed by atoms with Gasteiger partial charge in [-0.15, -0.1) is 22.7 Å². The fraction of sp³-hybridized carbons (Fsp3) is 0.385. The van der Waals surface area contributed by atoms with Crippen LogP contribution in [-0.4, -0.2) is 17.5 Å². The molecule has 0 atom stereocenters. The summed E-state index contributed by atoms with van der Waals surface area (Å²) < 4.78 is 0. The fourth-order valence-corrected chi connectivity index (χ4v) is 3.02. The van der Waals surface area contributed by atoms with Crippen molar-refractivity contribution in [2.75, 3.05) is 6.54 Å². The predicted molar refractivity (Wildman–Crippen MR) is 82.8 cm³/mol. The number of thiazole rings is 1. The average Bonchev–Trinajstić information content (AvgIpc) is 3.07. The Morgan fingerprint density at radius 1 is 1.47 bits per heavy atom. The number of hydrogen-bond acceptors (Lipinski definition) is 4. The van der Waals surface area contributed by atoms with Crippen molar-refractivity contribution in [3.63, 3.8) is 0 Å². The first-order chi connectivity index (χ1) is 9.28. The van der Waals surface area contributed by atoms with Gasteiger partial charge in [-0.2, -0.15) is 0 Å². The van der Waals surface area contributed by atoms with E-state index in [1.807, 2.05) is 5.38 Å². The van der Waals surface area contributed by atoms with E-state index in [4.69, 9.17) is 5.73 Å². The number of rotatable bonds is 6. The van der Waals surface area contributed by atoms with Crippen LogP contribution < -0.4 is 11.1 Å². The van der Waals surface area contributed by atoms with Crippen LogP contribution in [0.1, 0.15) is 22.5 Å². The van der Waals surface area contributed by atoms with Crippen molar-refractivity contribution in [3.8, 4) is 0 Å². The standard InChI is InChI=1S/C13H18N4S2/c1-2-12-17-10(9-19-12)8-16-13(14)15-6-5-11-4-3-7-18-11/h3-4,7,9H,2,5-6,8H2,1H3,(H3,14,15,16). The molecule has 2 aromatic heterocycles. The first kappa shape index (κ1) is 14.0. The van der Waals surface area contributed by atoms with E-state index in [-0.39, 0.29) is 0 Å². The third-order valence-corrected chi connectivity index (χ3v) is 4.55. The van der Waals surface area contributed by atoms with E-state index in [0.717, 1.165) is 30.1 Å². The number of nitrogens with two attached hydrogens (primary N) is 1. The van der Waals surface area contributed by atoms with Crippen LogP contribution in [0.4, 0.5) is 0 Å². The molecule has 0 radical (unpaired) electrons. The Morgan fingerprint density at radius 2 is 2.37 bits per heavy atom. The number of thiophene rings is 1. The molecule has 0 saturated carbocycles. The molecule has 3 N–H and O–H groups in total. The number of aliphatic imine (C=N–C) groups is 1. The molecule has 0 unspecified atom stereocenters. The van der Waals surface area contributed by atoms with Gasteiger partial charge in [-0.3, -0.25) is 0 Å². The summed E-state index contributed by atoms with van der Waals surface area (Å²) in [5.41, 5.74) is 6.81. The number of nitrogens with zero attached hydrogens (tertiary/aromatic N) is 2. The predicted octanol–water partition coefficient (Wildman–Crippen LogP) is 2.41. The molecule has 0 aliphatic rings. The highest BCUT2D eigenvalue weighted by atomic mass is 32.1. The molecule has 0 spiro atoms. The molecule has 0 fully saturated rings. The van der Waals surface area contributed by atoms with Crippen molar-refractivity contribution in [1.29, 1.82) is 0 Å². The van der Waals surface area contributed by atoms with E-state index in [0.29, 0.717) is 12.5 Å². The summed E-state index contributed by atoms with van der Waals surface area (Å²) in [6.07, 6.45) is 1.95. The second kappa shape index (κ2) is 7.25. The van der Waals surface area contributed by atoms with Gasteiger partial charge in [0.2, 0.25) is 0 Å². The smallest absolute Gasteiger partial charge is 0.188 e. The van der Waals surface area contributed by atoms with Crippen LogP contribution in [-0.2, 0) is 19.4 Å². The molecule has 0 aliphatic carbocycles. The highest BCUT2D eigenvalue weighted by Gasteiger charge is 2.00. The van der Waals surface area contributed by atoms with Crippen LogP contribution in [0.15, 0.2) is 27.9 Å². The highest BCUT2D eigenvalue weighted by Crippen LogP contribution is 2.10. The molecule has 6 heteroatoms. The van der Waals surface area contributed by atoms with Crippen LogP contribution in [0.3, 0.4) is 0 Å². The third-order valence-electron chi connectivity index (χ3n) is 2.57. The molecule has 0 aliphatic heterocycles. The van der Waals surface area contributed by atoms with E-state index in [1.54, 1.807) is 22.7 Å². The van der Waals surface area contributed by atoms with Crippen molar-refractivity contribution in [3.05, 3.63) is 38.5 Å². The molecule has 102 valence electrons. The van der Waals surface area contributed by atoms with Gasteiger partial charge >= 0.3 is 0 Å². The van der Waals surface area contributed by atoms with Gasteiger partial charge in [0.25, 0.3) is 0 Å². The maximum Gasteiger partial charge on any atom is 0.188 e. The van der Waals surface area contributed by atoms with Gasteiger partial charge in [0.1, 0.15) is 0 Å². The van der Waals surface area contributed by atoms with Gasteiger partial charge in [0.15, 0.2) is 5.96 Å². The quantitative estimate of drug-likeness (QED) is 0.635. The lowest BCUT2D eigenvalue weighted by molar-refractivity contribution is 0.853. The molecule has 4 nitrogen and oxygen atoms in total. The molecule has 0 bridgehead atoms. The van der Waals surface area contributed by atoms with Crippen molar-refractivity contribution < 1.29 is 0 Å². The van der Waals surface area contributed by atoms with Crippen molar-refractivity contribution in [2.45, 2.75) is 26.3 Å². The van der Waals surface area contributed by atoms with Gasteiger partial charge in [-0.1, -0.05) is 13.0 Å². The lowest BCUT2D eigenvalue weighted by atomic mass is 10.3. The molecule has 0 amide bonds. The Kier molecular flexibility index (Phi) is 5.35. The number of aromatic nitrogens is 1. The monoisotopic (exact) mass is 294 g/mol.